The third-order valence-corrected chi connectivity index (χ3v) is 1.39. The molecule has 0 N–H and O–H groups in total. The maximum atomic E-state index is 10.2. The van der Waals surface area contributed by atoms with E-state index in [1.54, 1.807) is 6.92 Å². The highest BCUT2D eigenvalue weighted by molar-refractivity contribution is 5.55. The molecule has 0 spiro atoms. The van der Waals surface area contributed by atoms with Crippen LogP contribution in [0.15, 0.2) is 0 Å². The molecule has 3 heteroatoms. The lowest BCUT2D eigenvalue weighted by molar-refractivity contribution is -0.119. The van der Waals surface area contributed by atoms with Crippen LogP contribution >= 0.6 is 0 Å². The maximum Gasteiger partial charge on any atom is 0.148 e. The number of aldehydes is 1. The summed E-state index contributed by atoms with van der Waals surface area (Å²) in [4.78, 5) is 10.2. The molecule has 0 amide bonds. The van der Waals surface area contributed by atoms with Gasteiger partial charge in [-0.1, -0.05) is 6.92 Å². The molecule has 0 aromatic rings. The van der Waals surface area contributed by atoms with Crippen LogP contribution in [-0.4, -0.2) is 31.7 Å². The zero-order valence-electron chi connectivity index (χ0n) is 8.08. The lowest BCUT2D eigenvalue weighted by atomic mass is 10.4. The molecule has 0 saturated heterocycles. The van der Waals surface area contributed by atoms with Gasteiger partial charge in [0.25, 0.3) is 0 Å². The van der Waals surface area contributed by atoms with Gasteiger partial charge in [-0.3, -0.25) is 0 Å². The minimum atomic E-state index is -0.322. The van der Waals surface area contributed by atoms with E-state index in [0.717, 1.165) is 19.3 Å². The quantitative estimate of drug-likeness (QED) is 0.547. The molecule has 0 bridgehead atoms. The molecule has 2 atom stereocenters. The lowest BCUT2D eigenvalue weighted by Crippen LogP contribution is -2.21. The summed E-state index contributed by atoms with van der Waals surface area (Å²) in [6.45, 7) is 6.95. The molecular formula is C9H18O3. The van der Waals surface area contributed by atoms with Crippen molar-refractivity contribution in [2.24, 2.45) is 0 Å². The number of carbonyl (C=O) groups excluding carboxylic acids is 1. The Bertz CT molecular complexity index is 114. The Morgan fingerprint density at radius 3 is 2.50 bits per heavy atom. The monoisotopic (exact) mass is 174 g/mol. The zero-order chi connectivity index (χ0) is 9.40. The standard InChI is InChI=1S/C9H18O3/c1-4-5-11-9(3)7-12-8(2)6-10/h6,8-9H,4-5,7H2,1-3H3. The molecule has 0 saturated carbocycles. The highest BCUT2D eigenvalue weighted by Crippen LogP contribution is 1.95. The van der Waals surface area contributed by atoms with E-state index in [1.807, 2.05) is 6.92 Å². The van der Waals surface area contributed by atoms with Crippen LogP contribution in [-0.2, 0) is 14.3 Å². The molecule has 0 aliphatic heterocycles. The van der Waals surface area contributed by atoms with Gasteiger partial charge in [-0.15, -0.1) is 0 Å². The van der Waals surface area contributed by atoms with Gasteiger partial charge >= 0.3 is 0 Å². The third kappa shape index (κ3) is 6.31. The highest BCUT2D eigenvalue weighted by atomic mass is 16.5. The van der Waals surface area contributed by atoms with Gasteiger partial charge < -0.3 is 14.3 Å². The number of ether oxygens (including phenoxy) is 2. The Morgan fingerprint density at radius 1 is 1.33 bits per heavy atom. The molecule has 12 heavy (non-hydrogen) atoms. The largest absolute Gasteiger partial charge is 0.376 e. The molecule has 0 fully saturated rings. The Labute approximate surface area is 74.0 Å². The van der Waals surface area contributed by atoms with Crippen LogP contribution in [0.5, 0.6) is 0 Å². The number of hydrogen-bond donors (Lipinski definition) is 0. The summed E-state index contributed by atoms with van der Waals surface area (Å²) < 4.78 is 10.5. The normalized spacial score (nSPS) is 15.6. The topological polar surface area (TPSA) is 35.5 Å². The molecule has 0 rings (SSSR count). The Kier molecular flexibility index (Phi) is 7.00. The van der Waals surface area contributed by atoms with Crippen molar-refractivity contribution in [1.82, 2.24) is 0 Å². The molecule has 0 heterocycles. The van der Waals surface area contributed by atoms with Crippen LogP contribution in [0.4, 0.5) is 0 Å². The van der Waals surface area contributed by atoms with E-state index < -0.39 is 0 Å². The second kappa shape index (κ2) is 7.25. The summed E-state index contributed by atoms with van der Waals surface area (Å²) in [5, 5.41) is 0. The van der Waals surface area contributed by atoms with Crippen molar-refractivity contribution >= 4 is 6.29 Å². The van der Waals surface area contributed by atoms with Crippen LogP contribution in [0.1, 0.15) is 27.2 Å². The summed E-state index contributed by atoms with van der Waals surface area (Å²) in [7, 11) is 0. The fraction of sp³-hybridized carbons (Fsp3) is 0.889. The third-order valence-electron chi connectivity index (χ3n) is 1.39. The van der Waals surface area contributed by atoms with E-state index in [4.69, 9.17) is 9.47 Å². The highest BCUT2D eigenvalue weighted by Gasteiger charge is 2.04. The second-order valence-corrected chi connectivity index (χ2v) is 2.86. The van der Waals surface area contributed by atoms with Crippen molar-refractivity contribution in [3.8, 4) is 0 Å². The summed E-state index contributed by atoms with van der Waals surface area (Å²) in [5.41, 5.74) is 0. The molecule has 3 nitrogen and oxygen atoms in total. The fourth-order valence-corrected chi connectivity index (χ4v) is 0.694. The minimum absolute atomic E-state index is 0.0762. The first-order valence-electron chi connectivity index (χ1n) is 4.39. The van der Waals surface area contributed by atoms with Crippen molar-refractivity contribution < 1.29 is 14.3 Å². The fourth-order valence-electron chi connectivity index (χ4n) is 0.694. The number of rotatable bonds is 7. The van der Waals surface area contributed by atoms with Crippen molar-refractivity contribution in [3.05, 3.63) is 0 Å². The first-order chi connectivity index (χ1) is 5.70. The van der Waals surface area contributed by atoms with Crippen LogP contribution in [0, 0.1) is 0 Å². The molecule has 0 aliphatic rings. The van der Waals surface area contributed by atoms with Crippen LogP contribution in [0.3, 0.4) is 0 Å². The summed E-state index contributed by atoms with van der Waals surface area (Å²) in [5.74, 6) is 0. The predicted octanol–water partition coefficient (Wildman–Crippen LogP) is 1.41. The molecule has 0 aliphatic carbocycles. The van der Waals surface area contributed by atoms with Gasteiger partial charge in [0.15, 0.2) is 0 Å². The molecule has 72 valence electrons. The first kappa shape index (κ1) is 11.6. The summed E-state index contributed by atoms with van der Waals surface area (Å²) in [6.07, 6.45) is 1.55. The van der Waals surface area contributed by atoms with Crippen molar-refractivity contribution in [3.63, 3.8) is 0 Å². The van der Waals surface area contributed by atoms with E-state index in [2.05, 4.69) is 6.92 Å². The van der Waals surface area contributed by atoms with Gasteiger partial charge in [0.2, 0.25) is 0 Å². The van der Waals surface area contributed by atoms with E-state index in [-0.39, 0.29) is 12.2 Å². The Balaban J connectivity index is 3.29. The van der Waals surface area contributed by atoms with E-state index in [0.29, 0.717) is 6.61 Å². The van der Waals surface area contributed by atoms with Gasteiger partial charge in [-0.05, 0) is 20.3 Å². The van der Waals surface area contributed by atoms with Crippen LogP contribution in [0.25, 0.3) is 0 Å². The minimum Gasteiger partial charge on any atom is -0.376 e. The average Bonchev–Trinajstić information content (AvgIpc) is 2.10. The predicted molar refractivity (Wildman–Crippen MR) is 47.2 cm³/mol. The number of carbonyl (C=O) groups is 1. The lowest BCUT2D eigenvalue weighted by Gasteiger charge is -2.13. The molecule has 2 unspecified atom stereocenters. The molecule has 0 radical (unpaired) electrons. The van der Waals surface area contributed by atoms with Gasteiger partial charge in [0, 0.05) is 6.61 Å². The zero-order valence-corrected chi connectivity index (χ0v) is 8.08. The smallest absolute Gasteiger partial charge is 0.148 e. The van der Waals surface area contributed by atoms with Crippen LogP contribution < -0.4 is 0 Å². The van der Waals surface area contributed by atoms with Gasteiger partial charge in [0.1, 0.15) is 12.4 Å². The second-order valence-electron chi connectivity index (χ2n) is 2.86. The SMILES string of the molecule is CCCOC(C)COC(C)C=O. The number of hydrogen-bond acceptors (Lipinski definition) is 3. The van der Waals surface area contributed by atoms with Gasteiger partial charge in [0.05, 0.1) is 12.7 Å². The maximum absolute atomic E-state index is 10.2. The van der Waals surface area contributed by atoms with Gasteiger partial charge in [-0.2, -0.15) is 0 Å². The van der Waals surface area contributed by atoms with E-state index in [1.165, 1.54) is 0 Å². The summed E-state index contributed by atoms with van der Waals surface area (Å²) >= 11 is 0. The van der Waals surface area contributed by atoms with Crippen molar-refractivity contribution in [1.29, 1.82) is 0 Å². The van der Waals surface area contributed by atoms with Crippen molar-refractivity contribution in [2.75, 3.05) is 13.2 Å². The van der Waals surface area contributed by atoms with Crippen molar-refractivity contribution in [2.45, 2.75) is 39.4 Å². The van der Waals surface area contributed by atoms with E-state index in [9.17, 15) is 4.79 Å². The molecule has 0 aromatic heterocycles. The van der Waals surface area contributed by atoms with Gasteiger partial charge in [-0.25, -0.2) is 0 Å². The summed E-state index contributed by atoms with van der Waals surface area (Å²) in [6, 6.07) is 0. The molecule has 0 aromatic carbocycles. The Hall–Kier alpha value is -0.410. The first-order valence-corrected chi connectivity index (χ1v) is 4.39. The van der Waals surface area contributed by atoms with Crippen LogP contribution in [0.2, 0.25) is 0 Å². The molecular weight excluding hydrogens is 156 g/mol. The Morgan fingerprint density at radius 2 is 2.00 bits per heavy atom. The van der Waals surface area contributed by atoms with E-state index >= 15 is 0 Å². The average molecular weight is 174 g/mol.